The Balaban J connectivity index is 1.98. The van der Waals surface area contributed by atoms with Crippen LogP contribution in [0.2, 0.25) is 0 Å². The molecule has 0 atom stereocenters. The third-order valence-corrected chi connectivity index (χ3v) is 3.16. The van der Waals surface area contributed by atoms with Crippen molar-refractivity contribution in [2.24, 2.45) is 0 Å². The Labute approximate surface area is 120 Å². The number of amides is 1. The molecular formula is C14H13IN2O. The van der Waals surface area contributed by atoms with Gasteiger partial charge in [0.1, 0.15) is 0 Å². The minimum absolute atomic E-state index is 0.0400. The Morgan fingerprint density at radius 2 is 1.89 bits per heavy atom. The van der Waals surface area contributed by atoms with Gasteiger partial charge in [-0.25, -0.2) is 0 Å². The van der Waals surface area contributed by atoms with Crippen LogP contribution in [0.15, 0.2) is 48.5 Å². The van der Waals surface area contributed by atoms with Crippen LogP contribution in [0.3, 0.4) is 0 Å². The second kappa shape index (κ2) is 5.86. The molecule has 1 amide bonds. The second-order valence-corrected chi connectivity index (χ2v) is 5.22. The molecule has 0 heterocycles. The van der Waals surface area contributed by atoms with E-state index in [-0.39, 0.29) is 5.91 Å². The van der Waals surface area contributed by atoms with Crippen molar-refractivity contribution in [3.8, 4) is 0 Å². The molecule has 0 aliphatic rings. The molecule has 4 heteroatoms. The summed E-state index contributed by atoms with van der Waals surface area (Å²) in [7, 11) is 0. The van der Waals surface area contributed by atoms with Gasteiger partial charge in [0.05, 0.1) is 6.42 Å². The lowest BCUT2D eigenvalue weighted by molar-refractivity contribution is -0.115. The van der Waals surface area contributed by atoms with E-state index >= 15 is 0 Å². The number of nitrogens with two attached hydrogens (primary N) is 1. The number of nitrogens with one attached hydrogen (secondary N) is 1. The molecule has 0 saturated carbocycles. The van der Waals surface area contributed by atoms with Crippen molar-refractivity contribution in [1.82, 2.24) is 0 Å². The zero-order valence-corrected chi connectivity index (χ0v) is 11.8. The van der Waals surface area contributed by atoms with Crippen molar-refractivity contribution >= 4 is 39.9 Å². The third kappa shape index (κ3) is 3.73. The van der Waals surface area contributed by atoms with Crippen molar-refractivity contribution in [3.05, 3.63) is 57.7 Å². The largest absolute Gasteiger partial charge is 0.399 e. The van der Waals surface area contributed by atoms with E-state index in [0.717, 1.165) is 14.8 Å². The summed E-state index contributed by atoms with van der Waals surface area (Å²) in [6.45, 7) is 0. The molecular weight excluding hydrogens is 339 g/mol. The van der Waals surface area contributed by atoms with Gasteiger partial charge in [-0.3, -0.25) is 4.79 Å². The fourth-order valence-corrected chi connectivity index (χ4v) is 1.99. The van der Waals surface area contributed by atoms with Crippen LogP contribution in [0.4, 0.5) is 11.4 Å². The zero-order chi connectivity index (χ0) is 13.0. The zero-order valence-electron chi connectivity index (χ0n) is 9.69. The van der Waals surface area contributed by atoms with E-state index in [1.165, 1.54) is 0 Å². The van der Waals surface area contributed by atoms with Crippen LogP contribution in [-0.4, -0.2) is 5.91 Å². The maximum absolute atomic E-state index is 11.8. The molecule has 0 aromatic heterocycles. The lowest BCUT2D eigenvalue weighted by Crippen LogP contribution is -2.14. The Hall–Kier alpha value is -1.56. The smallest absolute Gasteiger partial charge is 0.228 e. The molecule has 0 unspecified atom stereocenters. The lowest BCUT2D eigenvalue weighted by Gasteiger charge is -2.06. The summed E-state index contributed by atoms with van der Waals surface area (Å²) in [4.78, 5) is 11.8. The van der Waals surface area contributed by atoms with Gasteiger partial charge < -0.3 is 11.1 Å². The molecule has 0 aliphatic carbocycles. The van der Waals surface area contributed by atoms with Crippen molar-refractivity contribution < 1.29 is 4.79 Å². The number of hydrogen-bond acceptors (Lipinski definition) is 2. The van der Waals surface area contributed by atoms with Crippen LogP contribution in [0, 0.1) is 3.57 Å². The summed E-state index contributed by atoms with van der Waals surface area (Å²) in [6.07, 6.45) is 0.330. The highest BCUT2D eigenvalue weighted by Gasteiger charge is 2.04. The van der Waals surface area contributed by atoms with E-state index in [1.54, 1.807) is 6.07 Å². The number of anilines is 2. The summed E-state index contributed by atoms with van der Waals surface area (Å²) < 4.78 is 1.14. The molecule has 2 rings (SSSR count). The van der Waals surface area contributed by atoms with E-state index < -0.39 is 0 Å². The first-order chi connectivity index (χ1) is 8.63. The predicted octanol–water partition coefficient (Wildman–Crippen LogP) is 3.05. The standard InChI is InChI=1S/C14H13IN2O/c15-11-4-6-13(7-5-11)17-14(18)9-10-2-1-3-12(16)8-10/h1-8H,9,16H2,(H,17,18). The number of benzene rings is 2. The minimum Gasteiger partial charge on any atom is -0.399 e. The fourth-order valence-electron chi connectivity index (χ4n) is 1.63. The van der Waals surface area contributed by atoms with Crippen LogP contribution in [0.25, 0.3) is 0 Å². The van der Waals surface area contributed by atoms with Gasteiger partial charge in [-0.1, -0.05) is 12.1 Å². The van der Waals surface area contributed by atoms with Gasteiger partial charge in [0.2, 0.25) is 5.91 Å². The molecule has 0 saturated heterocycles. The molecule has 2 aromatic carbocycles. The van der Waals surface area contributed by atoms with Crippen LogP contribution in [0.5, 0.6) is 0 Å². The maximum atomic E-state index is 11.8. The van der Waals surface area contributed by atoms with Gasteiger partial charge in [-0.2, -0.15) is 0 Å². The maximum Gasteiger partial charge on any atom is 0.228 e. The first-order valence-electron chi connectivity index (χ1n) is 5.53. The molecule has 0 spiro atoms. The van der Waals surface area contributed by atoms with E-state index in [0.29, 0.717) is 12.1 Å². The van der Waals surface area contributed by atoms with Gasteiger partial charge in [0.25, 0.3) is 0 Å². The van der Waals surface area contributed by atoms with E-state index in [2.05, 4.69) is 27.9 Å². The molecule has 18 heavy (non-hydrogen) atoms. The number of nitrogen functional groups attached to an aromatic ring is 1. The first-order valence-corrected chi connectivity index (χ1v) is 6.61. The topological polar surface area (TPSA) is 55.1 Å². The van der Waals surface area contributed by atoms with Crippen LogP contribution < -0.4 is 11.1 Å². The van der Waals surface area contributed by atoms with Gasteiger partial charge in [0, 0.05) is 14.9 Å². The minimum atomic E-state index is -0.0400. The van der Waals surface area contributed by atoms with Gasteiger partial charge in [-0.15, -0.1) is 0 Å². The monoisotopic (exact) mass is 352 g/mol. The van der Waals surface area contributed by atoms with Crippen LogP contribution in [0.1, 0.15) is 5.56 Å². The summed E-state index contributed by atoms with van der Waals surface area (Å²) in [5.41, 5.74) is 8.07. The SMILES string of the molecule is Nc1cccc(CC(=O)Nc2ccc(I)cc2)c1. The fraction of sp³-hybridized carbons (Fsp3) is 0.0714. The van der Waals surface area contributed by atoms with Gasteiger partial charge in [0.15, 0.2) is 0 Å². The molecule has 2 aromatic rings. The van der Waals surface area contributed by atoms with Gasteiger partial charge in [-0.05, 0) is 64.6 Å². The summed E-state index contributed by atoms with van der Waals surface area (Å²) in [5, 5.41) is 2.85. The molecule has 3 nitrogen and oxygen atoms in total. The Bertz CT molecular complexity index is 552. The van der Waals surface area contributed by atoms with Crippen molar-refractivity contribution in [2.45, 2.75) is 6.42 Å². The number of halogens is 1. The number of carbonyl (C=O) groups excluding carboxylic acids is 1. The summed E-state index contributed by atoms with van der Waals surface area (Å²) in [6, 6.07) is 15.0. The average molecular weight is 352 g/mol. The normalized spacial score (nSPS) is 10.1. The summed E-state index contributed by atoms with van der Waals surface area (Å²) >= 11 is 2.23. The second-order valence-electron chi connectivity index (χ2n) is 3.98. The first kappa shape index (κ1) is 12.9. The number of hydrogen-bond donors (Lipinski definition) is 2. The van der Waals surface area contributed by atoms with E-state index in [9.17, 15) is 4.79 Å². The Kier molecular flexibility index (Phi) is 4.19. The molecule has 3 N–H and O–H groups in total. The Morgan fingerprint density at radius 3 is 2.56 bits per heavy atom. The number of carbonyl (C=O) groups is 1. The Morgan fingerprint density at radius 1 is 1.17 bits per heavy atom. The molecule has 0 fully saturated rings. The van der Waals surface area contributed by atoms with Crippen LogP contribution in [-0.2, 0) is 11.2 Å². The summed E-state index contributed by atoms with van der Waals surface area (Å²) in [5.74, 6) is -0.0400. The highest BCUT2D eigenvalue weighted by Crippen LogP contribution is 2.12. The highest BCUT2D eigenvalue weighted by atomic mass is 127. The van der Waals surface area contributed by atoms with Gasteiger partial charge >= 0.3 is 0 Å². The van der Waals surface area contributed by atoms with Crippen molar-refractivity contribution in [1.29, 1.82) is 0 Å². The van der Waals surface area contributed by atoms with Crippen molar-refractivity contribution in [3.63, 3.8) is 0 Å². The molecule has 0 radical (unpaired) electrons. The predicted molar refractivity (Wildman–Crippen MR) is 82.3 cm³/mol. The molecule has 0 bridgehead atoms. The molecule has 92 valence electrons. The van der Waals surface area contributed by atoms with Crippen molar-refractivity contribution in [2.75, 3.05) is 11.1 Å². The van der Waals surface area contributed by atoms with E-state index in [4.69, 9.17) is 5.73 Å². The lowest BCUT2D eigenvalue weighted by atomic mass is 10.1. The van der Waals surface area contributed by atoms with Crippen LogP contribution >= 0.6 is 22.6 Å². The number of rotatable bonds is 3. The van der Waals surface area contributed by atoms with E-state index in [1.807, 2.05) is 42.5 Å². The third-order valence-electron chi connectivity index (χ3n) is 2.44. The highest BCUT2D eigenvalue weighted by molar-refractivity contribution is 14.1. The average Bonchev–Trinajstić information content (AvgIpc) is 2.32. The molecule has 0 aliphatic heterocycles. The quantitative estimate of drug-likeness (QED) is 0.659.